The van der Waals surface area contributed by atoms with Crippen LogP contribution < -0.4 is 9.70 Å². The highest BCUT2D eigenvalue weighted by Crippen LogP contribution is 2.37. The van der Waals surface area contributed by atoms with Crippen LogP contribution in [0.2, 0.25) is 5.02 Å². The fraction of sp³-hybridized carbons (Fsp3) is 0.440. The van der Waals surface area contributed by atoms with Crippen LogP contribution in [-0.4, -0.2) is 50.6 Å². The molecular weight excluding hydrogens is 501 g/mol. The molecule has 2 aliphatic rings. The SMILES string of the molecule is CCn1/c(=N\C)sc2c(-c3ccc(Cl)cc3F)nc(N3C[C@@H](C)O[C@H](c4cnn(C5CC5)c4)C3)nc21. The number of hydrogen-bond donors (Lipinski definition) is 0. The minimum absolute atomic E-state index is 0.0370. The second-order valence-electron chi connectivity index (χ2n) is 9.33. The van der Waals surface area contributed by atoms with Gasteiger partial charge in [-0.2, -0.15) is 10.1 Å². The van der Waals surface area contributed by atoms with Gasteiger partial charge in [-0.3, -0.25) is 9.67 Å². The molecule has 0 radical (unpaired) electrons. The molecule has 0 spiro atoms. The molecule has 3 aromatic heterocycles. The lowest BCUT2D eigenvalue weighted by Crippen LogP contribution is -2.43. The summed E-state index contributed by atoms with van der Waals surface area (Å²) in [7, 11) is 1.75. The average molecular weight is 528 g/mol. The number of halogens is 2. The minimum Gasteiger partial charge on any atom is -0.367 e. The quantitative estimate of drug-likeness (QED) is 0.365. The molecule has 11 heteroatoms. The van der Waals surface area contributed by atoms with Gasteiger partial charge in [0, 0.05) is 42.5 Å². The number of anilines is 1. The zero-order valence-corrected chi connectivity index (χ0v) is 21.9. The van der Waals surface area contributed by atoms with Crippen LogP contribution in [0.3, 0.4) is 0 Å². The van der Waals surface area contributed by atoms with E-state index in [2.05, 4.69) is 28.1 Å². The zero-order chi connectivity index (χ0) is 25.0. The lowest BCUT2D eigenvalue weighted by atomic mass is 10.1. The van der Waals surface area contributed by atoms with Crippen molar-refractivity contribution < 1.29 is 9.13 Å². The van der Waals surface area contributed by atoms with E-state index in [0.29, 0.717) is 47.9 Å². The number of rotatable bonds is 5. The Bertz CT molecular complexity index is 1510. The molecule has 8 nitrogen and oxygen atoms in total. The zero-order valence-electron chi connectivity index (χ0n) is 20.4. The Labute approximate surface area is 217 Å². The van der Waals surface area contributed by atoms with E-state index in [1.165, 1.54) is 30.2 Å². The van der Waals surface area contributed by atoms with Crippen molar-refractivity contribution in [1.82, 2.24) is 24.3 Å². The van der Waals surface area contributed by atoms with Gasteiger partial charge in [0.25, 0.3) is 0 Å². The molecule has 1 saturated carbocycles. The summed E-state index contributed by atoms with van der Waals surface area (Å²) in [6.45, 7) is 6.00. The Morgan fingerprint density at radius 2 is 2.08 bits per heavy atom. The van der Waals surface area contributed by atoms with E-state index in [-0.39, 0.29) is 12.2 Å². The highest BCUT2D eigenvalue weighted by molar-refractivity contribution is 7.16. The summed E-state index contributed by atoms with van der Waals surface area (Å²) in [6, 6.07) is 5.20. The number of aryl methyl sites for hydroxylation is 1. The first-order valence-electron chi connectivity index (χ1n) is 12.2. The largest absolute Gasteiger partial charge is 0.367 e. The maximum Gasteiger partial charge on any atom is 0.228 e. The molecule has 0 N–H and O–H groups in total. The smallest absolute Gasteiger partial charge is 0.228 e. The van der Waals surface area contributed by atoms with Gasteiger partial charge < -0.3 is 14.2 Å². The number of nitrogens with zero attached hydrogens (tertiary/aromatic N) is 7. The van der Waals surface area contributed by atoms with Crippen LogP contribution in [0.25, 0.3) is 21.6 Å². The van der Waals surface area contributed by atoms with Crippen molar-refractivity contribution in [2.45, 2.75) is 51.5 Å². The van der Waals surface area contributed by atoms with E-state index < -0.39 is 5.82 Å². The molecule has 4 heterocycles. The van der Waals surface area contributed by atoms with Crippen molar-refractivity contribution >= 4 is 39.2 Å². The van der Waals surface area contributed by atoms with E-state index in [4.69, 9.17) is 26.3 Å². The van der Waals surface area contributed by atoms with Crippen LogP contribution in [0.1, 0.15) is 44.4 Å². The van der Waals surface area contributed by atoms with Gasteiger partial charge in [-0.05, 0) is 44.9 Å². The number of fused-ring (bicyclic) bond motifs is 1. The van der Waals surface area contributed by atoms with Gasteiger partial charge >= 0.3 is 0 Å². The molecule has 1 aromatic carbocycles. The third-order valence-corrected chi connectivity index (χ3v) is 8.07. The van der Waals surface area contributed by atoms with Crippen LogP contribution in [0, 0.1) is 5.82 Å². The summed E-state index contributed by atoms with van der Waals surface area (Å²) in [5.74, 6) is 0.129. The first-order valence-corrected chi connectivity index (χ1v) is 13.4. The fourth-order valence-corrected chi connectivity index (χ4v) is 6.01. The summed E-state index contributed by atoms with van der Waals surface area (Å²) < 4.78 is 26.3. The third kappa shape index (κ3) is 4.21. The molecule has 0 unspecified atom stereocenters. The second kappa shape index (κ2) is 9.24. The molecule has 2 atom stereocenters. The predicted molar refractivity (Wildman–Crippen MR) is 139 cm³/mol. The maximum absolute atomic E-state index is 15.1. The van der Waals surface area contributed by atoms with Crippen molar-refractivity contribution in [3.05, 3.63) is 51.8 Å². The third-order valence-electron chi connectivity index (χ3n) is 6.67. The predicted octanol–water partition coefficient (Wildman–Crippen LogP) is 5.00. The molecule has 4 aromatic rings. The van der Waals surface area contributed by atoms with Gasteiger partial charge in [-0.15, -0.1) is 0 Å². The van der Waals surface area contributed by atoms with Gasteiger partial charge in [0.1, 0.15) is 16.6 Å². The number of ether oxygens (including phenoxy) is 1. The van der Waals surface area contributed by atoms with Gasteiger partial charge in [0.2, 0.25) is 5.95 Å². The van der Waals surface area contributed by atoms with Crippen molar-refractivity contribution in [2.75, 3.05) is 25.0 Å². The lowest BCUT2D eigenvalue weighted by Gasteiger charge is -2.36. The minimum atomic E-state index is -0.416. The van der Waals surface area contributed by atoms with E-state index in [0.717, 1.165) is 20.7 Å². The monoisotopic (exact) mass is 527 g/mol. The number of benzene rings is 1. The molecule has 1 aliphatic heterocycles. The molecule has 6 rings (SSSR count). The van der Waals surface area contributed by atoms with Crippen molar-refractivity contribution in [1.29, 1.82) is 0 Å². The summed E-state index contributed by atoms with van der Waals surface area (Å²) in [4.78, 5) is 17.3. The average Bonchev–Trinajstić information content (AvgIpc) is 3.47. The first kappa shape index (κ1) is 23.6. The topological polar surface area (TPSA) is 73.4 Å². The molecule has 0 amide bonds. The summed E-state index contributed by atoms with van der Waals surface area (Å²) in [6.07, 6.45) is 6.16. The highest BCUT2D eigenvalue weighted by atomic mass is 35.5. The van der Waals surface area contributed by atoms with Gasteiger partial charge in [-0.25, -0.2) is 9.37 Å². The van der Waals surface area contributed by atoms with Crippen LogP contribution in [-0.2, 0) is 11.3 Å². The molecule has 2 fully saturated rings. The molecule has 36 heavy (non-hydrogen) atoms. The number of hydrogen-bond acceptors (Lipinski definition) is 7. The Morgan fingerprint density at radius 1 is 1.25 bits per heavy atom. The van der Waals surface area contributed by atoms with Crippen molar-refractivity contribution in [3.8, 4) is 11.3 Å². The van der Waals surface area contributed by atoms with Crippen LogP contribution >= 0.6 is 22.9 Å². The Balaban J connectivity index is 1.46. The molecule has 1 aliphatic carbocycles. The van der Waals surface area contributed by atoms with E-state index in [9.17, 15) is 0 Å². The lowest BCUT2D eigenvalue weighted by molar-refractivity contribution is -0.0178. The summed E-state index contributed by atoms with van der Waals surface area (Å²) in [5, 5.41) is 4.89. The van der Waals surface area contributed by atoms with Crippen LogP contribution in [0.15, 0.2) is 35.6 Å². The summed E-state index contributed by atoms with van der Waals surface area (Å²) >= 11 is 7.51. The van der Waals surface area contributed by atoms with Gasteiger partial charge in [0.05, 0.1) is 30.6 Å². The Hall–Kier alpha value is -2.82. The molecule has 0 bridgehead atoms. The standard InChI is InChI=1S/C25H27ClFN7OS/c1-4-33-23-22(36-25(33)28-3)21(18-8-5-16(26)9-19(18)27)30-24(31-23)32-11-14(2)35-20(13-32)15-10-29-34(12-15)17-6-7-17/h5,8-10,12,14,17,20H,4,6-7,11,13H2,1-3H3/b28-25+/t14-,20+/m1/s1. The van der Waals surface area contributed by atoms with E-state index in [1.54, 1.807) is 19.2 Å². The second-order valence-corrected chi connectivity index (χ2v) is 10.7. The first-order chi connectivity index (χ1) is 17.4. The number of morpholine rings is 1. The molecule has 1 saturated heterocycles. The fourth-order valence-electron chi connectivity index (χ4n) is 4.75. The summed E-state index contributed by atoms with van der Waals surface area (Å²) in [5.41, 5.74) is 2.73. The van der Waals surface area contributed by atoms with E-state index >= 15 is 4.39 Å². The Morgan fingerprint density at radius 3 is 2.81 bits per heavy atom. The Kier molecular flexibility index (Phi) is 6.05. The van der Waals surface area contributed by atoms with Gasteiger partial charge in [-0.1, -0.05) is 22.9 Å². The highest BCUT2D eigenvalue weighted by Gasteiger charge is 2.32. The van der Waals surface area contributed by atoms with E-state index in [1.807, 2.05) is 22.4 Å². The van der Waals surface area contributed by atoms with Crippen LogP contribution in [0.4, 0.5) is 10.3 Å². The van der Waals surface area contributed by atoms with Crippen molar-refractivity contribution in [2.24, 2.45) is 4.99 Å². The molecule has 188 valence electrons. The maximum atomic E-state index is 15.1. The molecular formula is C25H27ClFN7OS. The normalized spacial score (nSPS) is 21.0. The number of aromatic nitrogens is 5. The van der Waals surface area contributed by atoms with Gasteiger partial charge in [0.15, 0.2) is 10.4 Å². The van der Waals surface area contributed by atoms with Crippen molar-refractivity contribution in [3.63, 3.8) is 0 Å². The number of thiazole rings is 1. The van der Waals surface area contributed by atoms with Crippen LogP contribution in [0.5, 0.6) is 0 Å².